The third-order valence-corrected chi connectivity index (χ3v) is 1.85. The highest BCUT2D eigenvalue weighted by molar-refractivity contribution is 5.74. The van der Waals surface area contributed by atoms with Gasteiger partial charge >= 0.3 is 5.85 Å². The molecule has 1 aromatic rings. The van der Waals surface area contributed by atoms with E-state index in [1.807, 2.05) is 12.1 Å². The lowest BCUT2D eigenvalue weighted by atomic mass is 10.4. The van der Waals surface area contributed by atoms with Crippen molar-refractivity contribution in [2.45, 2.75) is 5.85 Å². The molecular weight excluding hydrogens is 168 g/mol. The van der Waals surface area contributed by atoms with E-state index in [-0.39, 0.29) is 0 Å². The number of nitrogens with zero attached hydrogens (tertiary/aromatic N) is 2. The fraction of sp³-hybridized carbons (Fsp3) is 0.111. The Kier molecular flexibility index (Phi) is 1.73. The van der Waals surface area contributed by atoms with Crippen LogP contribution in [0.2, 0.25) is 0 Å². The zero-order valence-electron chi connectivity index (χ0n) is 6.83. The van der Waals surface area contributed by atoms with Crippen molar-refractivity contribution in [3.05, 3.63) is 36.7 Å². The molecular formula is C9H8N2O2. The molecule has 0 aliphatic carbocycles. The van der Waals surface area contributed by atoms with Gasteiger partial charge in [0, 0.05) is 24.7 Å². The Balaban J connectivity index is 2.40. The zero-order chi connectivity index (χ0) is 9.15. The van der Waals surface area contributed by atoms with Crippen LogP contribution >= 0.6 is 0 Å². The number of hydrogen-bond donors (Lipinski definition) is 0. The van der Waals surface area contributed by atoms with E-state index in [1.165, 1.54) is 0 Å². The molecule has 0 saturated carbocycles. The van der Waals surface area contributed by atoms with Gasteiger partial charge in [-0.15, -0.1) is 0 Å². The lowest BCUT2D eigenvalue weighted by Crippen LogP contribution is -2.29. The molecule has 4 heteroatoms. The van der Waals surface area contributed by atoms with Gasteiger partial charge in [-0.3, -0.25) is 9.36 Å². The normalized spacial score (nSPS) is 24.9. The van der Waals surface area contributed by atoms with Crippen LogP contribution in [0.25, 0.3) is 0 Å². The summed E-state index contributed by atoms with van der Waals surface area (Å²) in [6, 6.07) is 3.69. The van der Waals surface area contributed by atoms with Crippen molar-refractivity contribution < 1.29 is 9.53 Å². The Bertz CT molecular complexity index is 340. The maximum Gasteiger partial charge on any atom is 0.308 e. The standard InChI is InChI=1S/C9H8N2O2/c12-8-13-9(4-3-5-10-9)11-6-1-2-7-11/h1-8H. The van der Waals surface area contributed by atoms with E-state index in [0.717, 1.165) is 0 Å². The first-order valence-corrected chi connectivity index (χ1v) is 3.85. The molecule has 1 aliphatic heterocycles. The van der Waals surface area contributed by atoms with E-state index < -0.39 is 5.85 Å². The Hall–Kier alpha value is -1.84. The monoisotopic (exact) mass is 176 g/mol. The topological polar surface area (TPSA) is 43.6 Å². The van der Waals surface area contributed by atoms with Gasteiger partial charge in [-0.25, -0.2) is 4.99 Å². The summed E-state index contributed by atoms with van der Waals surface area (Å²) in [5, 5.41) is 0. The molecule has 0 fully saturated rings. The number of aromatic nitrogens is 1. The SMILES string of the molecule is O=COC1(n2cccc2)C=CC=N1. The van der Waals surface area contributed by atoms with Crippen LogP contribution < -0.4 is 0 Å². The third-order valence-electron chi connectivity index (χ3n) is 1.85. The summed E-state index contributed by atoms with van der Waals surface area (Å²) in [4.78, 5) is 14.4. The first kappa shape index (κ1) is 7.79. The summed E-state index contributed by atoms with van der Waals surface area (Å²) in [5.41, 5.74) is 0. The van der Waals surface area contributed by atoms with Crippen LogP contribution in [0.15, 0.2) is 41.7 Å². The van der Waals surface area contributed by atoms with Crippen molar-refractivity contribution in [1.82, 2.24) is 4.57 Å². The average Bonchev–Trinajstić information content (AvgIpc) is 2.73. The molecule has 0 saturated heterocycles. The highest BCUT2D eigenvalue weighted by Crippen LogP contribution is 2.24. The van der Waals surface area contributed by atoms with Crippen LogP contribution in [-0.4, -0.2) is 17.3 Å². The van der Waals surface area contributed by atoms with Crippen molar-refractivity contribution in [2.24, 2.45) is 4.99 Å². The average molecular weight is 176 g/mol. The Morgan fingerprint density at radius 3 is 2.69 bits per heavy atom. The quantitative estimate of drug-likeness (QED) is 0.642. The molecule has 1 atom stereocenters. The summed E-state index contributed by atoms with van der Waals surface area (Å²) in [7, 11) is 0. The molecule has 0 spiro atoms. The van der Waals surface area contributed by atoms with Gasteiger partial charge in [0.1, 0.15) is 0 Å². The summed E-state index contributed by atoms with van der Waals surface area (Å²) >= 11 is 0. The van der Waals surface area contributed by atoms with Crippen LogP contribution in [0.5, 0.6) is 0 Å². The van der Waals surface area contributed by atoms with Crippen LogP contribution in [0.4, 0.5) is 0 Å². The number of rotatable bonds is 3. The van der Waals surface area contributed by atoms with Crippen molar-refractivity contribution in [3.8, 4) is 0 Å². The second-order valence-corrected chi connectivity index (χ2v) is 2.60. The van der Waals surface area contributed by atoms with Crippen LogP contribution in [0, 0.1) is 0 Å². The Morgan fingerprint density at radius 2 is 2.15 bits per heavy atom. The third kappa shape index (κ3) is 1.16. The van der Waals surface area contributed by atoms with E-state index in [4.69, 9.17) is 4.74 Å². The van der Waals surface area contributed by atoms with Gasteiger partial charge in [-0.05, 0) is 18.2 Å². The van der Waals surface area contributed by atoms with Crippen LogP contribution in [0.3, 0.4) is 0 Å². The molecule has 0 N–H and O–H groups in total. The van der Waals surface area contributed by atoms with Gasteiger partial charge in [-0.1, -0.05) is 0 Å². The highest BCUT2D eigenvalue weighted by atomic mass is 16.6. The predicted molar refractivity (Wildman–Crippen MR) is 47.2 cm³/mol. The molecule has 0 aromatic carbocycles. The van der Waals surface area contributed by atoms with E-state index >= 15 is 0 Å². The smallest absolute Gasteiger partial charge is 0.308 e. The predicted octanol–water partition coefficient (Wildman–Crippen LogP) is 0.912. The maximum atomic E-state index is 10.3. The first-order valence-electron chi connectivity index (χ1n) is 3.85. The summed E-state index contributed by atoms with van der Waals surface area (Å²) in [5.74, 6) is -0.995. The Morgan fingerprint density at radius 1 is 1.38 bits per heavy atom. The molecule has 0 radical (unpaired) electrons. The Labute approximate surface area is 75.2 Å². The van der Waals surface area contributed by atoms with Gasteiger partial charge in [0.2, 0.25) is 0 Å². The van der Waals surface area contributed by atoms with E-state index in [2.05, 4.69) is 4.99 Å². The molecule has 66 valence electrons. The van der Waals surface area contributed by atoms with Gasteiger partial charge in [0.25, 0.3) is 6.47 Å². The molecule has 1 aromatic heterocycles. The van der Waals surface area contributed by atoms with E-state index in [0.29, 0.717) is 6.47 Å². The van der Waals surface area contributed by atoms with Crippen LogP contribution in [-0.2, 0) is 15.4 Å². The number of ether oxygens (including phenoxy) is 1. The molecule has 2 heterocycles. The van der Waals surface area contributed by atoms with Crippen LogP contribution in [0.1, 0.15) is 0 Å². The number of hydrogen-bond acceptors (Lipinski definition) is 3. The van der Waals surface area contributed by atoms with Crippen molar-refractivity contribution in [3.63, 3.8) is 0 Å². The maximum absolute atomic E-state index is 10.3. The fourth-order valence-electron chi connectivity index (χ4n) is 1.26. The fourth-order valence-corrected chi connectivity index (χ4v) is 1.26. The molecule has 2 rings (SSSR count). The zero-order valence-corrected chi connectivity index (χ0v) is 6.83. The largest absolute Gasteiger partial charge is 0.416 e. The summed E-state index contributed by atoms with van der Waals surface area (Å²) in [6.07, 6.45) is 8.63. The minimum Gasteiger partial charge on any atom is -0.416 e. The minimum atomic E-state index is -0.995. The summed E-state index contributed by atoms with van der Waals surface area (Å²) in [6.45, 7) is 0.396. The molecule has 4 nitrogen and oxygen atoms in total. The lowest BCUT2D eigenvalue weighted by molar-refractivity contribution is -0.146. The molecule has 1 aliphatic rings. The van der Waals surface area contributed by atoms with Gasteiger partial charge in [-0.2, -0.15) is 0 Å². The van der Waals surface area contributed by atoms with Gasteiger partial charge in [0.15, 0.2) is 0 Å². The number of carbonyl (C=O) groups excluding carboxylic acids is 1. The molecule has 0 amide bonds. The van der Waals surface area contributed by atoms with Gasteiger partial charge in [0.05, 0.1) is 0 Å². The van der Waals surface area contributed by atoms with E-state index in [9.17, 15) is 4.79 Å². The molecule has 1 unspecified atom stereocenters. The summed E-state index contributed by atoms with van der Waals surface area (Å²) < 4.78 is 6.64. The second kappa shape index (κ2) is 2.90. The lowest BCUT2D eigenvalue weighted by Gasteiger charge is -2.23. The van der Waals surface area contributed by atoms with Crippen molar-refractivity contribution in [2.75, 3.05) is 0 Å². The highest BCUT2D eigenvalue weighted by Gasteiger charge is 2.30. The molecule has 13 heavy (non-hydrogen) atoms. The van der Waals surface area contributed by atoms with E-state index in [1.54, 1.807) is 35.3 Å². The van der Waals surface area contributed by atoms with Crippen molar-refractivity contribution in [1.29, 1.82) is 0 Å². The minimum absolute atomic E-state index is 0.396. The number of aliphatic imine (C=N–C) groups is 1. The first-order chi connectivity index (χ1) is 6.37. The number of carbonyl (C=O) groups is 1. The second-order valence-electron chi connectivity index (χ2n) is 2.60. The van der Waals surface area contributed by atoms with Crippen molar-refractivity contribution >= 4 is 12.7 Å². The van der Waals surface area contributed by atoms with Gasteiger partial charge < -0.3 is 4.74 Å². The molecule has 0 bridgehead atoms. The number of allylic oxidation sites excluding steroid dienone is 1.